The second-order valence-electron chi connectivity index (χ2n) is 6.87. The Morgan fingerprint density at radius 3 is 2.64 bits per heavy atom. The third-order valence-corrected chi connectivity index (χ3v) is 5.26. The third-order valence-electron chi connectivity index (χ3n) is 4.65. The Labute approximate surface area is 192 Å². The number of halogens is 1. The van der Waals surface area contributed by atoms with Gasteiger partial charge in [-0.25, -0.2) is 0 Å². The monoisotopic (exact) mass is 520 g/mol. The van der Waals surface area contributed by atoms with Crippen LogP contribution in [0.15, 0.2) is 35.3 Å². The lowest BCUT2D eigenvalue weighted by Gasteiger charge is -2.31. The first-order valence-electron chi connectivity index (χ1n) is 10.2. The molecule has 1 fully saturated rings. The molecule has 0 radical (unpaired) electrons. The van der Waals surface area contributed by atoms with Gasteiger partial charge in [0.2, 0.25) is 0 Å². The number of piperidine rings is 1. The van der Waals surface area contributed by atoms with Crippen LogP contribution in [-0.2, 0) is 11.3 Å². The molecule has 2 rings (SSSR count). The minimum Gasteiger partial charge on any atom is -0.378 e. The zero-order chi connectivity index (χ0) is 19.2. The molecule has 0 amide bonds. The highest BCUT2D eigenvalue weighted by Gasteiger charge is 2.19. The summed E-state index contributed by atoms with van der Waals surface area (Å²) in [6, 6.07) is 10.7. The Morgan fingerprint density at radius 1 is 1.21 bits per heavy atom. The minimum absolute atomic E-state index is 0. The van der Waals surface area contributed by atoms with Crippen molar-refractivity contribution >= 4 is 41.7 Å². The summed E-state index contributed by atoms with van der Waals surface area (Å²) in [6.07, 6.45) is 5.77. The zero-order valence-corrected chi connectivity index (χ0v) is 20.5. The highest BCUT2D eigenvalue weighted by atomic mass is 127. The summed E-state index contributed by atoms with van der Waals surface area (Å²) in [5.41, 5.74) is 1.40. The van der Waals surface area contributed by atoms with E-state index in [0.717, 1.165) is 76.9 Å². The molecule has 0 aromatic heterocycles. The van der Waals surface area contributed by atoms with E-state index in [9.17, 15) is 0 Å². The molecule has 1 aromatic rings. The Balaban J connectivity index is 0.00000392. The number of rotatable bonds is 11. The molecule has 0 spiro atoms. The molecule has 0 aliphatic carbocycles. The lowest BCUT2D eigenvalue weighted by Crippen LogP contribution is -2.38. The summed E-state index contributed by atoms with van der Waals surface area (Å²) in [6.45, 7) is 8.86. The van der Waals surface area contributed by atoms with Crippen LogP contribution in [0.2, 0.25) is 0 Å². The number of aliphatic imine (C=N–C) groups is 1. The van der Waals surface area contributed by atoms with E-state index in [-0.39, 0.29) is 24.0 Å². The van der Waals surface area contributed by atoms with E-state index >= 15 is 0 Å². The molecule has 0 saturated carbocycles. The highest BCUT2D eigenvalue weighted by molar-refractivity contribution is 14.0. The maximum Gasteiger partial charge on any atom is 0.191 e. The van der Waals surface area contributed by atoms with Crippen molar-refractivity contribution in [1.82, 2.24) is 15.5 Å². The van der Waals surface area contributed by atoms with E-state index < -0.39 is 0 Å². The van der Waals surface area contributed by atoms with Crippen molar-refractivity contribution in [2.75, 3.05) is 51.3 Å². The first-order valence-corrected chi connectivity index (χ1v) is 11.6. The van der Waals surface area contributed by atoms with Crippen LogP contribution in [0.3, 0.4) is 0 Å². The van der Waals surface area contributed by atoms with E-state index in [1.165, 1.54) is 5.56 Å². The smallest absolute Gasteiger partial charge is 0.191 e. The number of thioether (sulfide) groups is 1. The fourth-order valence-corrected chi connectivity index (χ4v) is 3.50. The van der Waals surface area contributed by atoms with E-state index in [4.69, 9.17) is 4.74 Å². The van der Waals surface area contributed by atoms with Gasteiger partial charge < -0.3 is 15.4 Å². The predicted molar refractivity (Wildman–Crippen MR) is 133 cm³/mol. The summed E-state index contributed by atoms with van der Waals surface area (Å²) < 4.78 is 6.08. The summed E-state index contributed by atoms with van der Waals surface area (Å²) in [4.78, 5) is 7.15. The number of hydrogen-bond acceptors (Lipinski definition) is 4. The van der Waals surface area contributed by atoms with Crippen LogP contribution < -0.4 is 10.6 Å². The van der Waals surface area contributed by atoms with Gasteiger partial charge in [0.05, 0.1) is 6.10 Å². The second kappa shape index (κ2) is 16.3. The number of likely N-dealkylation sites (tertiary alicyclic amines) is 1. The number of guanidine groups is 1. The van der Waals surface area contributed by atoms with Crippen LogP contribution in [0, 0.1) is 0 Å². The molecule has 0 bridgehead atoms. The van der Waals surface area contributed by atoms with Gasteiger partial charge in [0, 0.05) is 51.6 Å². The average Bonchev–Trinajstić information content (AvgIpc) is 2.70. The van der Waals surface area contributed by atoms with Crippen molar-refractivity contribution in [3.05, 3.63) is 35.9 Å². The lowest BCUT2D eigenvalue weighted by molar-refractivity contribution is 0.00566. The Bertz CT molecular complexity index is 524. The van der Waals surface area contributed by atoms with Gasteiger partial charge in [-0.2, -0.15) is 11.8 Å². The van der Waals surface area contributed by atoms with E-state index in [1.54, 1.807) is 0 Å². The van der Waals surface area contributed by atoms with Crippen LogP contribution in [0.1, 0.15) is 31.7 Å². The van der Waals surface area contributed by atoms with Crippen LogP contribution in [0.4, 0.5) is 0 Å². The van der Waals surface area contributed by atoms with Gasteiger partial charge in [-0.15, -0.1) is 24.0 Å². The molecule has 1 aromatic carbocycles. The van der Waals surface area contributed by atoms with E-state index in [0.29, 0.717) is 6.10 Å². The molecule has 5 nitrogen and oxygen atoms in total. The fraction of sp³-hybridized carbons (Fsp3) is 0.667. The summed E-state index contributed by atoms with van der Waals surface area (Å²) in [7, 11) is 0. The quantitative estimate of drug-likeness (QED) is 0.202. The Morgan fingerprint density at radius 2 is 1.96 bits per heavy atom. The molecule has 1 aliphatic rings. The SMILES string of the molecule is CCNC(=NCCCOC1CCN(Cc2ccccc2)CC1)NCCSC.I. The van der Waals surface area contributed by atoms with Crippen LogP contribution in [-0.4, -0.2) is 68.3 Å². The molecule has 1 heterocycles. The second-order valence-corrected chi connectivity index (χ2v) is 7.85. The van der Waals surface area contributed by atoms with Crippen LogP contribution >= 0.6 is 35.7 Å². The normalized spacial score (nSPS) is 15.9. The number of benzene rings is 1. The van der Waals surface area contributed by atoms with Gasteiger partial charge in [-0.3, -0.25) is 9.89 Å². The summed E-state index contributed by atoms with van der Waals surface area (Å²) in [5, 5.41) is 6.65. The topological polar surface area (TPSA) is 48.9 Å². The van der Waals surface area contributed by atoms with Crippen LogP contribution in [0.5, 0.6) is 0 Å². The molecular formula is C21H37IN4OS. The molecule has 7 heteroatoms. The highest BCUT2D eigenvalue weighted by Crippen LogP contribution is 2.16. The number of ether oxygens (including phenoxy) is 1. The van der Waals surface area contributed by atoms with Gasteiger partial charge >= 0.3 is 0 Å². The average molecular weight is 521 g/mol. The largest absolute Gasteiger partial charge is 0.378 e. The van der Waals surface area contributed by atoms with Crippen molar-refractivity contribution in [2.45, 2.75) is 38.8 Å². The fourth-order valence-electron chi connectivity index (χ4n) is 3.19. The molecule has 1 saturated heterocycles. The lowest BCUT2D eigenvalue weighted by atomic mass is 10.1. The first kappa shape index (κ1) is 25.5. The maximum atomic E-state index is 6.08. The Hall–Kier alpha value is -0.510. The molecule has 0 atom stereocenters. The molecule has 2 N–H and O–H groups in total. The van der Waals surface area contributed by atoms with Crippen molar-refractivity contribution in [3.63, 3.8) is 0 Å². The van der Waals surface area contributed by atoms with Crippen molar-refractivity contribution in [1.29, 1.82) is 0 Å². The zero-order valence-electron chi connectivity index (χ0n) is 17.4. The third kappa shape index (κ3) is 10.9. The van der Waals surface area contributed by atoms with Gasteiger partial charge in [0.1, 0.15) is 0 Å². The van der Waals surface area contributed by atoms with E-state index in [1.807, 2.05) is 11.8 Å². The number of nitrogens with one attached hydrogen (secondary N) is 2. The van der Waals surface area contributed by atoms with Gasteiger partial charge in [0.15, 0.2) is 5.96 Å². The Kier molecular flexibility index (Phi) is 14.9. The van der Waals surface area contributed by atoms with Gasteiger partial charge in [-0.05, 0) is 38.0 Å². The molecular weight excluding hydrogens is 483 g/mol. The van der Waals surface area contributed by atoms with Crippen molar-refractivity contribution in [3.8, 4) is 0 Å². The number of nitrogens with zero attached hydrogens (tertiary/aromatic N) is 2. The van der Waals surface area contributed by atoms with Gasteiger partial charge in [0.25, 0.3) is 0 Å². The number of hydrogen-bond donors (Lipinski definition) is 2. The molecule has 160 valence electrons. The maximum absolute atomic E-state index is 6.08. The standard InChI is InChI=1S/C21H36N4OS.HI/c1-3-22-21(24-13-17-27-2)23-12-7-16-26-20-10-14-25(15-11-20)18-19-8-5-4-6-9-19;/h4-6,8-9,20H,3,7,10-18H2,1-2H3,(H2,22,23,24);1H. The van der Waals surface area contributed by atoms with E-state index in [2.05, 4.69) is 64.0 Å². The van der Waals surface area contributed by atoms with Gasteiger partial charge in [-0.1, -0.05) is 30.3 Å². The minimum atomic E-state index is 0. The van der Waals surface area contributed by atoms with Crippen molar-refractivity contribution < 1.29 is 4.74 Å². The molecule has 0 unspecified atom stereocenters. The van der Waals surface area contributed by atoms with Crippen LogP contribution in [0.25, 0.3) is 0 Å². The predicted octanol–water partition coefficient (Wildman–Crippen LogP) is 3.59. The molecule has 28 heavy (non-hydrogen) atoms. The first-order chi connectivity index (χ1) is 13.3. The summed E-state index contributed by atoms with van der Waals surface area (Å²) >= 11 is 1.84. The van der Waals surface area contributed by atoms with Crippen molar-refractivity contribution in [2.24, 2.45) is 4.99 Å². The summed E-state index contributed by atoms with van der Waals surface area (Å²) in [5.74, 6) is 2.01. The molecule has 1 aliphatic heterocycles.